The van der Waals surface area contributed by atoms with Gasteiger partial charge in [0.15, 0.2) is 6.10 Å². The van der Waals surface area contributed by atoms with Gasteiger partial charge < -0.3 is 23.7 Å². The number of hydrogen-bond donors (Lipinski definition) is 1. The highest BCUT2D eigenvalue weighted by Crippen LogP contribution is 2.31. The van der Waals surface area contributed by atoms with Crippen molar-refractivity contribution in [1.82, 2.24) is 4.98 Å². The van der Waals surface area contributed by atoms with Crippen LogP contribution in [0.2, 0.25) is 5.02 Å². The second-order valence-corrected chi connectivity index (χ2v) is 7.16. The monoisotopic (exact) mass is 445 g/mol. The predicted molar refractivity (Wildman–Crippen MR) is 116 cm³/mol. The van der Waals surface area contributed by atoms with E-state index in [-0.39, 0.29) is 13.0 Å². The summed E-state index contributed by atoms with van der Waals surface area (Å²) in [5.41, 5.74) is 2.09. The number of carboxylic acids is 1. The number of methoxy groups -OCH3 is 1. The molecule has 8 heteroatoms. The van der Waals surface area contributed by atoms with Gasteiger partial charge in [-0.25, -0.2) is 9.78 Å². The molecule has 0 fully saturated rings. The Labute approximate surface area is 185 Å². The third-order valence-corrected chi connectivity index (χ3v) is 5.03. The van der Waals surface area contributed by atoms with Gasteiger partial charge in [-0.3, -0.25) is 0 Å². The van der Waals surface area contributed by atoms with Gasteiger partial charge in [0.25, 0.3) is 0 Å². The van der Waals surface area contributed by atoms with E-state index in [1.165, 1.54) is 0 Å². The van der Waals surface area contributed by atoms with Gasteiger partial charge in [0, 0.05) is 18.1 Å². The van der Waals surface area contributed by atoms with Gasteiger partial charge in [0.2, 0.25) is 5.89 Å². The van der Waals surface area contributed by atoms with E-state index >= 15 is 0 Å². The molecule has 1 aromatic heterocycles. The number of aryl methyl sites for hydroxylation is 1. The van der Waals surface area contributed by atoms with Gasteiger partial charge >= 0.3 is 5.97 Å². The van der Waals surface area contributed by atoms with E-state index in [1.54, 1.807) is 32.2 Å². The highest BCUT2D eigenvalue weighted by atomic mass is 35.5. The minimum Gasteiger partial charge on any atom is -0.496 e. The van der Waals surface area contributed by atoms with E-state index in [9.17, 15) is 9.90 Å². The topological polar surface area (TPSA) is 91.0 Å². The van der Waals surface area contributed by atoms with E-state index in [2.05, 4.69) is 4.98 Å². The lowest BCUT2D eigenvalue weighted by Crippen LogP contribution is -2.26. The Morgan fingerprint density at radius 1 is 1.26 bits per heavy atom. The summed E-state index contributed by atoms with van der Waals surface area (Å²) in [5.74, 6) is 1.29. The molecule has 0 unspecified atom stereocenters. The molecule has 0 saturated heterocycles. The van der Waals surface area contributed by atoms with Crippen molar-refractivity contribution in [2.24, 2.45) is 0 Å². The van der Waals surface area contributed by atoms with E-state index < -0.39 is 12.1 Å². The van der Waals surface area contributed by atoms with Crippen molar-refractivity contribution in [3.63, 3.8) is 0 Å². The summed E-state index contributed by atoms with van der Waals surface area (Å²) in [6.07, 6.45) is -0.770. The number of nitrogens with zero attached hydrogens (tertiary/aromatic N) is 1. The second-order valence-electron chi connectivity index (χ2n) is 6.75. The minimum absolute atomic E-state index is 0.174. The second kappa shape index (κ2) is 10.3. The van der Waals surface area contributed by atoms with Crippen molar-refractivity contribution in [1.29, 1.82) is 0 Å². The summed E-state index contributed by atoms with van der Waals surface area (Å²) in [6, 6.07) is 12.6. The van der Waals surface area contributed by atoms with Crippen LogP contribution in [0.1, 0.15) is 23.9 Å². The lowest BCUT2D eigenvalue weighted by atomic mass is 10.1. The summed E-state index contributed by atoms with van der Waals surface area (Å²) in [7, 11) is 1.60. The number of para-hydroxylation sites is 1. The number of oxazole rings is 1. The first-order chi connectivity index (χ1) is 14.9. The fourth-order valence-electron chi connectivity index (χ4n) is 3.05. The van der Waals surface area contributed by atoms with Crippen molar-refractivity contribution in [2.75, 3.05) is 13.7 Å². The van der Waals surface area contributed by atoms with Gasteiger partial charge in [0.1, 0.15) is 29.6 Å². The van der Waals surface area contributed by atoms with Crippen LogP contribution in [0, 0.1) is 6.92 Å². The molecule has 0 aliphatic carbocycles. The molecule has 31 heavy (non-hydrogen) atoms. The molecule has 0 radical (unpaired) electrons. The van der Waals surface area contributed by atoms with Crippen molar-refractivity contribution in [3.05, 3.63) is 64.5 Å². The van der Waals surface area contributed by atoms with Crippen molar-refractivity contribution in [2.45, 2.75) is 33.0 Å². The summed E-state index contributed by atoms with van der Waals surface area (Å²) < 4.78 is 22.2. The summed E-state index contributed by atoms with van der Waals surface area (Å²) in [6.45, 7) is 4.07. The van der Waals surface area contributed by atoms with Gasteiger partial charge in [-0.05, 0) is 43.7 Å². The van der Waals surface area contributed by atoms with E-state index in [4.69, 9.17) is 30.2 Å². The molecule has 0 aliphatic heterocycles. The smallest absolute Gasteiger partial charge is 0.333 e. The molecule has 1 atom stereocenters. The fourth-order valence-corrected chi connectivity index (χ4v) is 3.30. The molecule has 0 aliphatic rings. The summed E-state index contributed by atoms with van der Waals surface area (Å²) in [4.78, 5) is 15.8. The van der Waals surface area contributed by atoms with Gasteiger partial charge in [0.05, 0.1) is 12.7 Å². The number of aromatic nitrogens is 1. The Hall–Kier alpha value is -3.03. The van der Waals surface area contributed by atoms with Gasteiger partial charge in [-0.15, -0.1) is 0 Å². The highest BCUT2D eigenvalue weighted by Gasteiger charge is 2.20. The lowest BCUT2D eigenvalue weighted by molar-refractivity contribution is -0.149. The van der Waals surface area contributed by atoms with E-state index in [1.807, 2.05) is 31.2 Å². The Kier molecular flexibility index (Phi) is 7.55. The standard InChI is InChI=1S/C23H24ClNO6/c1-4-29-21(23(26)27)11-15-9-10-16(12-18(15)24)30-13-19-14(2)31-22(25-19)17-7-5-6-8-20(17)28-3/h5-10,12,21H,4,11,13H2,1-3H3,(H,26,27)/t21-/m0/s1. The maximum Gasteiger partial charge on any atom is 0.333 e. The van der Waals surface area contributed by atoms with Crippen LogP contribution in [0.5, 0.6) is 11.5 Å². The van der Waals surface area contributed by atoms with Crippen LogP contribution in [0.4, 0.5) is 0 Å². The van der Waals surface area contributed by atoms with E-state index in [0.717, 1.165) is 5.56 Å². The average molecular weight is 446 g/mol. The lowest BCUT2D eigenvalue weighted by Gasteiger charge is -2.14. The first kappa shape index (κ1) is 22.7. The van der Waals surface area contributed by atoms with Crippen LogP contribution in [0.3, 0.4) is 0 Å². The Bertz CT molecular complexity index is 1050. The molecule has 0 saturated carbocycles. The van der Waals surface area contributed by atoms with Crippen LogP contribution in [0.15, 0.2) is 46.9 Å². The zero-order chi connectivity index (χ0) is 22.4. The molecule has 0 bridgehead atoms. The van der Waals surface area contributed by atoms with Crippen molar-refractivity contribution >= 4 is 17.6 Å². The van der Waals surface area contributed by atoms with E-state index in [0.29, 0.717) is 46.0 Å². The Morgan fingerprint density at radius 3 is 2.71 bits per heavy atom. The molecule has 2 aromatic carbocycles. The van der Waals surface area contributed by atoms with Gasteiger partial charge in [-0.2, -0.15) is 0 Å². The van der Waals surface area contributed by atoms with Crippen LogP contribution in [0.25, 0.3) is 11.5 Å². The predicted octanol–water partition coefficient (Wildman–Crippen LogP) is 4.92. The minimum atomic E-state index is -1.02. The van der Waals surface area contributed by atoms with Crippen LogP contribution >= 0.6 is 11.6 Å². The summed E-state index contributed by atoms with van der Waals surface area (Å²) in [5, 5.41) is 9.66. The van der Waals surface area contributed by atoms with Crippen molar-refractivity contribution in [3.8, 4) is 23.0 Å². The number of halogens is 1. The largest absolute Gasteiger partial charge is 0.496 e. The third kappa shape index (κ3) is 5.57. The Morgan fingerprint density at radius 2 is 2.03 bits per heavy atom. The molecular formula is C23H24ClNO6. The maximum atomic E-state index is 11.3. The first-order valence-corrected chi connectivity index (χ1v) is 10.2. The number of carbonyl (C=O) groups is 1. The SMILES string of the molecule is CCO[C@@H](Cc1ccc(OCc2nc(-c3ccccc3OC)oc2C)cc1Cl)C(=O)O. The van der Waals surface area contributed by atoms with Crippen LogP contribution in [-0.2, 0) is 22.6 Å². The number of ether oxygens (including phenoxy) is 3. The highest BCUT2D eigenvalue weighted by molar-refractivity contribution is 6.31. The zero-order valence-electron chi connectivity index (χ0n) is 17.6. The number of rotatable bonds is 10. The molecule has 3 aromatic rings. The Balaban J connectivity index is 1.70. The molecule has 164 valence electrons. The quantitative estimate of drug-likeness (QED) is 0.473. The molecule has 0 spiro atoms. The fraction of sp³-hybridized carbons (Fsp3) is 0.304. The molecule has 3 rings (SSSR count). The molecule has 1 N–H and O–H groups in total. The number of carboxylic acid groups (broad SMARTS) is 1. The molecule has 1 heterocycles. The molecule has 0 amide bonds. The third-order valence-electron chi connectivity index (χ3n) is 4.68. The molecular weight excluding hydrogens is 422 g/mol. The first-order valence-electron chi connectivity index (χ1n) is 9.78. The average Bonchev–Trinajstić information content (AvgIpc) is 3.13. The number of benzene rings is 2. The van der Waals surface area contributed by atoms with Crippen LogP contribution < -0.4 is 9.47 Å². The number of aliphatic carboxylic acids is 1. The summed E-state index contributed by atoms with van der Waals surface area (Å²) >= 11 is 6.33. The van der Waals surface area contributed by atoms with Crippen LogP contribution in [-0.4, -0.2) is 35.9 Å². The zero-order valence-corrected chi connectivity index (χ0v) is 18.3. The number of hydrogen-bond acceptors (Lipinski definition) is 6. The van der Waals surface area contributed by atoms with Crippen molar-refractivity contribution < 1.29 is 28.5 Å². The molecule has 7 nitrogen and oxygen atoms in total. The maximum absolute atomic E-state index is 11.3. The normalized spacial score (nSPS) is 11.9. The van der Waals surface area contributed by atoms with Gasteiger partial charge in [-0.1, -0.05) is 29.8 Å².